The number of nitrogens with zero attached hydrogens (tertiary/aromatic N) is 1. The summed E-state index contributed by atoms with van der Waals surface area (Å²) >= 11 is 3.56. The lowest BCUT2D eigenvalue weighted by molar-refractivity contribution is -0.131. The molecular formula is C19H23NOS2. The van der Waals surface area contributed by atoms with E-state index in [1.165, 1.54) is 21.6 Å². The maximum atomic E-state index is 12.7. The number of aryl methyl sites for hydroxylation is 1. The van der Waals surface area contributed by atoms with Gasteiger partial charge in [0.1, 0.15) is 0 Å². The normalized spacial score (nSPS) is 17.1. The molecule has 2 aromatic rings. The first-order valence-corrected chi connectivity index (χ1v) is 10.2. The van der Waals surface area contributed by atoms with Crippen LogP contribution in [0.15, 0.2) is 35.7 Å². The monoisotopic (exact) mass is 345 g/mol. The summed E-state index contributed by atoms with van der Waals surface area (Å²) in [6.45, 7) is 5.16. The summed E-state index contributed by atoms with van der Waals surface area (Å²) in [4.78, 5) is 16.2. The van der Waals surface area contributed by atoms with Gasteiger partial charge in [-0.2, -0.15) is 0 Å². The first kappa shape index (κ1) is 16.6. The zero-order valence-electron chi connectivity index (χ0n) is 13.7. The zero-order chi connectivity index (χ0) is 16.2. The zero-order valence-corrected chi connectivity index (χ0v) is 15.4. The molecule has 0 aliphatic carbocycles. The second-order valence-corrected chi connectivity index (χ2v) is 8.03. The Morgan fingerprint density at radius 3 is 3.04 bits per heavy atom. The quantitative estimate of drug-likeness (QED) is 0.774. The van der Waals surface area contributed by atoms with Crippen molar-refractivity contribution in [2.45, 2.75) is 38.5 Å². The Labute approximate surface area is 146 Å². The van der Waals surface area contributed by atoms with Gasteiger partial charge in [0.2, 0.25) is 5.91 Å². The maximum Gasteiger partial charge on any atom is 0.233 e. The van der Waals surface area contributed by atoms with E-state index in [9.17, 15) is 4.79 Å². The molecule has 1 aromatic carbocycles. The van der Waals surface area contributed by atoms with Gasteiger partial charge in [-0.05, 0) is 42.3 Å². The van der Waals surface area contributed by atoms with Crippen LogP contribution in [-0.4, -0.2) is 23.1 Å². The molecule has 1 amide bonds. The molecule has 4 heteroatoms. The first-order valence-electron chi connectivity index (χ1n) is 8.18. The molecule has 122 valence electrons. The smallest absolute Gasteiger partial charge is 0.233 e. The van der Waals surface area contributed by atoms with Gasteiger partial charge >= 0.3 is 0 Å². The molecule has 0 bridgehead atoms. The lowest BCUT2D eigenvalue weighted by Crippen LogP contribution is -2.40. The molecule has 1 aliphatic heterocycles. The van der Waals surface area contributed by atoms with Crippen molar-refractivity contribution < 1.29 is 4.79 Å². The van der Waals surface area contributed by atoms with Crippen molar-refractivity contribution in [3.05, 3.63) is 57.3 Å². The number of carbonyl (C=O) groups excluding carboxylic acids is 1. The van der Waals surface area contributed by atoms with Crippen LogP contribution in [0.25, 0.3) is 0 Å². The van der Waals surface area contributed by atoms with E-state index in [1.807, 2.05) is 11.3 Å². The van der Waals surface area contributed by atoms with E-state index < -0.39 is 0 Å². The number of rotatable bonds is 5. The largest absolute Gasteiger partial charge is 0.335 e. The summed E-state index contributed by atoms with van der Waals surface area (Å²) in [5.41, 5.74) is 3.95. The van der Waals surface area contributed by atoms with Crippen molar-refractivity contribution in [3.8, 4) is 0 Å². The van der Waals surface area contributed by atoms with E-state index >= 15 is 0 Å². The molecule has 1 aliphatic rings. The molecule has 1 aromatic heterocycles. The van der Waals surface area contributed by atoms with Crippen molar-refractivity contribution in [1.29, 1.82) is 0 Å². The van der Waals surface area contributed by atoms with E-state index in [1.54, 1.807) is 11.8 Å². The molecule has 23 heavy (non-hydrogen) atoms. The fraction of sp³-hybridized carbons (Fsp3) is 0.421. The van der Waals surface area contributed by atoms with Gasteiger partial charge in [-0.25, -0.2) is 0 Å². The average molecular weight is 346 g/mol. The molecule has 1 atom stereocenters. The second-order valence-electron chi connectivity index (χ2n) is 6.04. The minimum atomic E-state index is 0.275. The van der Waals surface area contributed by atoms with Gasteiger partial charge in [0.05, 0.1) is 11.8 Å². The minimum Gasteiger partial charge on any atom is -0.335 e. The number of carbonyl (C=O) groups is 1. The van der Waals surface area contributed by atoms with Crippen molar-refractivity contribution in [2.75, 3.05) is 12.3 Å². The average Bonchev–Trinajstić information content (AvgIpc) is 3.02. The van der Waals surface area contributed by atoms with Gasteiger partial charge in [-0.1, -0.05) is 36.8 Å². The van der Waals surface area contributed by atoms with Crippen molar-refractivity contribution in [2.24, 2.45) is 0 Å². The highest BCUT2D eigenvalue weighted by molar-refractivity contribution is 7.99. The van der Waals surface area contributed by atoms with Crippen LogP contribution in [0.4, 0.5) is 0 Å². The molecule has 2 nitrogen and oxygen atoms in total. The van der Waals surface area contributed by atoms with Gasteiger partial charge in [0, 0.05) is 17.2 Å². The van der Waals surface area contributed by atoms with Gasteiger partial charge < -0.3 is 4.90 Å². The fourth-order valence-corrected chi connectivity index (χ4v) is 5.06. The second kappa shape index (κ2) is 7.54. The number of amides is 1. The molecule has 0 N–H and O–H groups in total. The lowest BCUT2D eigenvalue weighted by Gasteiger charge is -2.35. The predicted octanol–water partition coefficient (Wildman–Crippen LogP) is 4.83. The molecule has 0 spiro atoms. The van der Waals surface area contributed by atoms with Crippen LogP contribution in [0.3, 0.4) is 0 Å². The van der Waals surface area contributed by atoms with Crippen LogP contribution >= 0.6 is 23.1 Å². The summed E-state index contributed by atoms with van der Waals surface area (Å²) in [7, 11) is 0. The topological polar surface area (TPSA) is 20.3 Å². The van der Waals surface area contributed by atoms with Crippen LogP contribution in [0.2, 0.25) is 0 Å². The Morgan fingerprint density at radius 2 is 2.26 bits per heavy atom. The summed E-state index contributed by atoms with van der Waals surface area (Å²) < 4.78 is 0. The van der Waals surface area contributed by atoms with Crippen molar-refractivity contribution in [3.63, 3.8) is 0 Å². The predicted molar refractivity (Wildman–Crippen MR) is 100 cm³/mol. The molecule has 0 saturated carbocycles. The standard InChI is InChI=1S/C19H23NOS2/c1-3-17-16-8-10-23-18(16)7-9-20(17)19(21)13-22-12-15-6-4-5-14(2)11-15/h4-6,8,10-11,17H,3,7,9,12-13H2,1-2H3. The third-order valence-electron chi connectivity index (χ3n) is 4.38. The Hall–Kier alpha value is -1.26. The van der Waals surface area contributed by atoms with Crippen LogP contribution in [0.5, 0.6) is 0 Å². The summed E-state index contributed by atoms with van der Waals surface area (Å²) in [5.74, 6) is 1.76. The molecule has 2 heterocycles. The Bertz CT molecular complexity index is 680. The number of thiophene rings is 1. The molecular weight excluding hydrogens is 322 g/mol. The molecule has 0 saturated heterocycles. The maximum absolute atomic E-state index is 12.7. The van der Waals surface area contributed by atoms with Gasteiger partial charge in [0.25, 0.3) is 0 Å². The lowest BCUT2D eigenvalue weighted by atomic mass is 9.98. The van der Waals surface area contributed by atoms with Crippen molar-refractivity contribution in [1.82, 2.24) is 4.90 Å². The molecule has 0 fully saturated rings. The van der Waals surface area contributed by atoms with E-state index in [-0.39, 0.29) is 11.9 Å². The number of fused-ring (bicyclic) bond motifs is 1. The van der Waals surface area contributed by atoms with E-state index in [0.717, 1.165) is 25.1 Å². The number of hydrogen-bond donors (Lipinski definition) is 0. The van der Waals surface area contributed by atoms with Gasteiger partial charge in [0.15, 0.2) is 0 Å². The first-order chi connectivity index (χ1) is 11.2. The molecule has 0 radical (unpaired) electrons. The van der Waals surface area contributed by atoms with E-state index in [0.29, 0.717) is 5.75 Å². The Morgan fingerprint density at radius 1 is 1.39 bits per heavy atom. The van der Waals surface area contributed by atoms with Gasteiger partial charge in [-0.15, -0.1) is 23.1 Å². The van der Waals surface area contributed by atoms with Gasteiger partial charge in [-0.3, -0.25) is 4.79 Å². The summed E-state index contributed by atoms with van der Waals surface area (Å²) in [6.07, 6.45) is 2.01. The fourth-order valence-electron chi connectivity index (χ4n) is 3.28. The highest BCUT2D eigenvalue weighted by Gasteiger charge is 2.29. The minimum absolute atomic E-state index is 0.275. The highest BCUT2D eigenvalue weighted by atomic mass is 32.2. The van der Waals surface area contributed by atoms with E-state index in [2.05, 4.69) is 54.5 Å². The Kier molecular flexibility index (Phi) is 5.44. The third kappa shape index (κ3) is 3.81. The van der Waals surface area contributed by atoms with Crippen LogP contribution < -0.4 is 0 Å². The van der Waals surface area contributed by atoms with E-state index in [4.69, 9.17) is 0 Å². The number of benzene rings is 1. The SMILES string of the molecule is CCC1c2ccsc2CCN1C(=O)CSCc1cccc(C)c1. The highest BCUT2D eigenvalue weighted by Crippen LogP contribution is 2.35. The molecule has 3 rings (SSSR count). The summed E-state index contributed by atoms with van der Waals surface area (Å²) in [6, 6.07) is 11.0. The summed E-state index contributed by atoms with van der Waals surface area (Å²) in [5, 5.41) is 2.16. The molecule has 1 unspecified atom stereocenters. The van der Waals surface area contributed by atoms with Crippen LogP contribution in [0.1, 0.15) is 41.0 Å². The van der Waals surface area contributed by atoms with Crippen LogP contribution in [0, 0.1) is 6.92 Å². The Balaban J connectivity index is 1.58. The number of hydrogen-bond acceptors (Lipinski definition) is 3. The van der Waals surface area contributed by atoms with Crippen LogP contribution in [-0.2, 0) is 17.0 Å². The van der Waals surface area contributed by atoms with Crippen molar-refractivity contribution >= 4 is 29.0 Å². The third-order valence-corrected chi connectivity index (χ3v) is 6.36. The number of thioether (sulfide) groups is 1.